The molecule has 0 bridgehead atoms. The summed E-state index contributed by atoms with van der Waals surface area (Å²) in [5, 5.41) is 11.7. The maximum atomic E-state index is 13.5. The van der Waals surface area contributed by atoms with Crippen LogP contribution in [-0.4, -0.2) is 94.7 Å². The summed E-state index contributed by atoms with van der Waals surface area (Å²) in [5.41, 5.74) is 3.35. The quantitative estimate of drug-likeness (QED) is 0.247. The highest BCUT2D eigenvalue weighted by atomic mass is 79.9. The van der Waals surface area contributed by atoms with Crippen LogP contribution in [-0.2, 0) is 14.9 Å². The Kier molecular flexibility index (Phi) is 10.8. The number of morpholine rings is 2. The predicted molar refractivity (Wildman–Crippen MR) is 178 cm³/mol. The van der Waals surface area contributed by atoms with Crippen LogP contribution in [0.1, 0.15) is 26.3 Å². The van der Waals surface area contributed by atoms with Gasteiger partial charge in [0.15, 0.2) is 0 Å². The number of anilines is 3. The van der Waals surface area contributed by atoms with E-state index in [0.29, 0.717) is 6.61 Å². The molecule has 0 saturated carbocycles. The molecule has 3 aromatic carbocycles. The van der Waals surface area contributed by atoms with Crippen molar-refractivity contribution in [1.82, 2.24) is 9.80 Å². The summed E-state index contributed by atoms with van der Waals surface area (Å²) in [4.78, 5) is 18.2. The molecule has 2 aliphatic rings. The third kappa shape index (κ3) is 8.61. The summed E-state index contributed by atoms with van der Waals surface area (Å²) in [7, 11) is 0. The van der Waals surface area contributed by atoms with Crippen LogP contribution in [0.5, 0.6) is 5.75 Å². The SMILES string of the molecule is CC(C)(C)c1cc(Br)c(NCCN2CCOCC2)c(NC(=O)Nc2ccc(OCCN3CCOCC3)c3ccccc23)c1. The smallest absolute Gasteiger partial charge is 0.323 e. The molecule has 10 heteroatoms. The highest BCUT2D eigenvalue weighted by molar-refractivity contribution is 9.10. The van der Waals surface area contributed by atoms with Crippen LogP contribution in [0.4, 0.5) is 21.9 Å². The van der Waals surface area contributed by atoms with Crippen molar-refractivity contribution in [3.05, 3.63) is 58.6 Å². The molecule has 0 unspecified atom stereocenters. The Labute approximate surface area is 263 Å². The number of nitrogens with one attached hydrogen (secondary N) is 3. The number of carbonyl (C=O) groups is 1. The topological polar surface area (TPSA) is 87.3 Å². The minimum absolute atomic E-state index is 0.0877. The van der Waals surface area contributed by atoms with Crippen molar-refractivity contribution in [2.75, 3.05) is 94.8 Å². The lowest BCUT2D eigenvalue weighted by molar-refractivity contribution is 0.0323. The third-order valence-corrected chi connectivity index (χ3v) is 8.56. The van der Waals surface area contributed by atoms with Crippen LogP contribution < -0.4 is 20.7 Å². The van der Waals surface area contributed by atoms with Gasteiger partial charge in [0.1, 0.15) is 12.4 Å². The summed E-state index contributed by atoms with van der Waals surface area (Å²) in [5.74, 6) is 0.809. The fourth-order valence-corrected chi connectivity index (χ4v) is 5.97. The number of amides is 2. The minimum atomic E-state index is -0.305. The monoisotopic (exact) mass is 653 g/mol. The van der Waals surface area contributed by atoms with Gasteiger partial charge in [0.2, 0.25) is 0 Å². The zero-order valence-electron chi connectivity index (χ0n) is 25.5. The fraction of sp³-hybridized carbons (Fsp3) is 0.485. The Balaban J connectivity index is 1.29. The zero-order valence-corrected chi connectivity index (χ0v) is 27.1. The van der Waals surface area contributed by atoms with Crippen molar-refractivity contribution >= 4 is 49.8 Å². The number of hydrogen-bond acceptors (Lipinski definition) is 7. The van der Waals surface area contributed by atoms with E-state index in [4.69, 9.17) is 14.2 Å². The van der Waals surface area contributed by atoms with Gasteiger partial charge in [0, 0.05) is 61.1 Å². The number of benzene rings is 3. The molecule has 5 rings (SSSR count). The van der Waals surface area contributed by atoms with Gasteiger partial charge in [-0.3, -0.25) is 9.80 Å². The molecular weight excluding hydrogens is 610 g/mol. The van der Waals surface area contributed by atoms with Gasteiger partial charge in [-0.05, 0) is 51.2 Å². The highest BCUT2D eigenvalue weighted by Gasteiger charge is 2.20. The summed E-state index contributed by atoms with van der Waals surface area (Å²) in [6.07, 6.45) is 0. The molecule has 0 aromatic heterocycles. The number of hydrogen-bond donors (Lipinski definition) is 3. The van der Waals surface area contributed by atoms with Gasteiger partial charge < -0.3 is 30.2 Å². The van der Waals surface area contributed by atoms with Crippen LogP contribution in [0.3, 0.4) is 0 Å². The third-order valence-electron chi connectivity index (χ3n) is 7.94. The van der Waals surface area contributed by atoms with Gasteiger partial charge in [0.25, 0.3) is 0 Å². The van der Waals surface area contributed by atoms with E-state index in [1.165, 1.54) is 0 Å². The van der Waals surface area contributed by atoms with Crippen LogP contribution in [0, 0.1) is 0 Å². The fourth-order valence-electron chi connectivity index (χ4n) is 5.37. The maximum absolute atomic E-state index is 13.5. The average molecular weight is 655 g/mol. The van der Waals surface area contributed by atoms with Crippen LogP contribution in [0.15, 0.2) is 53.0 Å². The number of urea groups is 1. The van der Waals surface area contributed by atoms with Crippen molar-refractivity contribution in [3.63, 3.8) is 0 Å². The molecule has 3 aromatic rings. The number of carbonyl (C=O) groups excluding carboxylic acids is 1. The Bertz CT molecular complexity index is 1380. The van der Waals surface area contributed by atoms with Gasteiger partial charge in [-0.2, -0.15) is 0 Å². The van der Waals surface area contributed by atoms with Crippen molar-refractivity contribution in [3.8, 4) is 5.75 Å². The van der Waals surface area contributed by atoms with Crippen molar-refractivity contribution in [1.29, 1.82) is 0 Å². The largest absolute Gasteiger partial charge is 0.492 e. The van der Waals surface area contributed by atoms with Gasteiger partial charge in [-0.15, -0.1) is 0 Å². The van der Waals surface area contributed by atoms with E-state index in [-0.39, 0.29) is 11.4 Å². The number of fused-ring (bicyclic) bond motifs is 1. The van der Waals surface area contributed by atoms with Crippen molar-refractivity contribution in [2.24, 2.45) is 0 Å². The predicted octanol–water partition coefficient (Wildman–Crippen LogP) is 6.00. The van der Waals surface area contributed by atoms with Crippen molar-refractivity contribution < 1.29 is 19.0 Å². The second kappa shape index (κ2) is 14.7. The lowest BCUT2D eigenvalue weighted by Crippen LogP contribution is -2.39. The van der Waals surface area contributed by atoms with Gasteiger partial charge in [0.05, 0.1) is 43.5 Å². The van der Waals surface area contributed by atoms with E-state index in [0.717, 1.165) is 116 Å². The normalized spacial score (nSPS) is 16.7. The molecular formula is C33H44BrN5O4. The van der Waals surface area contributed by atoms with Gasteiger partial charge in [-0.1, -0.05) is 45.0 Å². The lowest BCUT2D eigenvalue weighted by atomic mass is 9.86. The first-order chi connectivity index (χ1) is 20.8. The molecule has 0 aliphatic carbocycles. The zero-order chi connectivity index (χ0) is 30.2. The average Bonchev–Trinajstić information content (AvgIpc) is 3.00. The van der Waals surface area contributed by atoms with E-state index >= 15 is 0 Å². The molecule has 0 radical (unpaired) electrons. The molecule has 2 saturated heterocycles. The Morgan fingerprint density at radius 3 is 2.16 bits per heavy atom. The molecule has 2 amide bonds. The second-order valence-electron chi connectivity index (χ2n) is 12.0. The first kappa shape index (κ1) is 31.5. The molecule has 3 N–H and O–H groups in total. The molecule has 2 aliphatic heterocycles. The second-order valence-corrected chi connectivity index (χ2v) is 12.9. The summed E-state index contributed by atoms with van der Waals surface area (Å²) in [6, 6.07) is 15.7. The van der Waals surface area contributed by atoms with Gasteiger partial charge >= 0.3 is 6.03 Å². The van der Waals surface area contributed by atoms with Crippen LogP contribution in [0.2, 0.25) is 0 Å². The standard InChI is InChI=1S/C33H44BrN5O4/c1-33(2,3)24-22-27(34)31(35-10-11-38-12-17-41-18-13-38)29(23-24)37-32(40)36-28-8-9-30(26-7-5-4-6-25(26)28)43-21-16-39-14-19-42-20-15-39/h4-9,22-23,35H,10-21H2,1-3H3,(H2,36,37,40). The van der Waals surface area contributed by atoms with Crippen molar-refractivity contribution in [2.45, 2.75) is 26.2 Å². The molecule has 9 nitrogen and oxygen atoms in total. The van der Waals surface area contributed by atoms with E-state index in [9.17, 15) is 4.79 Å². The number of halogens is 1. The highest BCUT2D eigenvalue weighted by Crippen LogP contribution is 2.37. The molecule has 0 spiro atoms. The van der Waals surface area contributed by atoms with Crippen LogP contribution >= 0.6 is 15.9 Å². The molecule has 232 valence electrons. The van der Waals surface area contributed by atoms with Gasteiger partial charge in [-0.25, -0.2) is 4.79 Å². The van der Waals surface area contributed by atoms with E-state index in [2.05, 4.69) is 74.6 Å². The molecule has 43 heavy (non-hydrogen) atoms. The Morgan fingerprint density at radius 2 is 1.49 bits per heavy atom. The number of rotatable bonds is 10. The summed E-state index contributed by atoms with van der Waals surface area (Å²) < 4.78 is 18.0. The van der Waals surface area contributed by atoms with E-state index in [1.54, 1.807) is 0 Å². The first-order valence-electron chi connectivity index (χ1n) is 15.2. The summed E-state index contributed by atoms with van der Waals surface area (Å²) in [6.45, 7) is 16.4. The van der Waals surface area contributed by atoms with E-state index < -0.39 is 0 Å². The molecule has 0 atom stereocenters. The Morgan fingerprint density at radius 1 is 0.860 bits per heavy atom. The number of ether oxygens (including phenoxy) is 3. The first-order valence-corrected chi connectivity index (χ1v) is 16.0. The molecule has 2 heterocycles. The van der Waals surface area contributed by atoms with E-state index in [1.807, 2.05) is 36.4 Å². The number of nitrogens with zero attached hydrogens (tertiary/aromatic N) is 2. The Hall–Kier alpha value is -2.89. The maximum Gasteiger partial charge on any atom is 0.323 e. The summed E-state index contributed by atoms with van der Waals surface area (Å²) >= 11 is 3.77. The molecule has 2 fully saturated rings. The lowest BCUT2D eigenvalue weighted by Gasteiger charge is -2.27. The van der Waals surface area contributed by atoms with Crippen LogP contribution in [0.25, 0.3) is 10.8 Å². The minimum Gasteiger partial charge on any atom is -0.492 e.